The van der Waals surface area contributed by atoms with E-state index in [4.69, 9.17) is 0 Å². The fraction of sp³-hybridized carbons (Fsp3) is 0.765. The lowest BCUT2D eigenvalue weighted by atomic mass is 10.0. The molecule has 2 aliphatic carbocycles. The van der Waals surface area contributed by atoms with E-state index in [0.717, 1.165) is 26.2 Å². The van der Waals surface area contributed by atoms with Gasteiger partial charge in [-0.1, -0.05) is 24.3 Å². The molecule has 0 radical (unpaired) electrons. The summed E-state index contributed by atoms with van der Waals surface area (Å²) in [6.45, 7) is 3.86. The zero-order chi connectivity index (χ0) is 13.8. The smallest absolute Gasteiger partial charge is 0.0794 e. The molecule has 0 aromatic rings. The molecule has 3 aliphatic rings. The Bertz CT molecular complexity index is 332. The predicted octanol–water partition coefficient (Wildman–Crippen LogP) is 2.18. The molecule has 0 aromatic carbocycles. The summed E-state index contributed by atoms with van der Waals surface area (Å²) in [7, 11) is 0. The summed E-state index contributed by atoms with van der Waals surface area (Å²) >= 11 is 0. The molecule has 0 amide bonds. The molecule has 2 atom stereocenters. The molecule has 0 saturated carbocycles. The van der Waals surface area contributed by atoms with Crippen molar-refractivity contribution < 1.29 is 5.11 Å². The summed E-state index contributed by atoms with van der Waals surface area (Å²) in [5.41, 5.74) is 0. The number of aliphatic hydroxyl groups is 1. The average molecular weight is 276 g/mol. The molecule has 112 valence electrons. The minimum absolute atomic E-state index is 0.205. The fourth-order valence-electron chi connectivity index (χ4n) is 3.84. The molecule has 1 N–H and O–H groups in total. The summed E-state index contributed by atoms with van der Waals surface area (Å²) in [6, 6.07) is 1.11. The van der Waals surface area contributed by atoms with Crippen molar-refractivity contribution in [2.45, 2.75) is 56.7 Å². The third kappa shape index (κ3) is 3.51. The van der Waals surface area contributed by atoms with Gasteiger partial charge in [0.1, 0.15) is 0 Å². The first-order valence-corrected chi connectivity index (χ1v) is 8.32. The summed E-state index contributed by atoms with van der Waals surface area (Å²) in [5.74, 6) is 0. The van der Waals surface area contributed by atoms with Crippen molar-refractivity contribution in [1.29, 1.82) is 0 Å². The monoisotopic (exact) mass is 276 g/mol. The van der Waals surface area contributed by atoms with Gasteiger partial charge in [-0.2, -0.15) is 0 Å². The van der Waals surface area contributed by atoms with Gasteiger partial charge < -0.3 is 5.11 Å². The van der Waals surface area contributed by atoms with Gasteiger partial charge in [0, 0.05) is 38.3 Å². The first kappa shape index (κ1) is 14.3. The van der Waals surface area contributed by atoms with Crippen LogP contribution in [-0.2, 0) is 0 Å². The summed E-state index contributed by atoms with van der Waals surface area (Å²) < 4.78 is 0. The van der Waals surface area contributed by atoms with E-state index in [1.165, 1.54) is 38.5 Å². The molecule has 3 nitrogen and oxygen atoms in total. The van der Waals surface area contributed by atoms with Gasteiger partial charge in [0.15, 0.2) is 0 Å². The Kier molecular flexibility index (Phi) is 4.92. The second kappa shape index (κ2) is 6.88. The zero-order valence-electron chi connectivity index (χ0n) is 12.5. The summed E-state index contributed by atoms with van der Waals surface area (Å²) in [4.78, 5) is 4.99. The lowest BCUT2D eigenvalue weighted by molar-refractivity contribution is 0.0923. The van der Waals surface area contributed by atoms with Crippen molar-refractivity contribution in [3.63, 3.8) is 0 Å². The molecular formula is C17H28N2O. The third-order valence-corrected chi connectivity index (χ3v) is 4.96. The van der Waals surface area contributed by atoms with E-state index < -0.39 is 0 Å². The van der Waals surface area contributed by atoms with E-state index in [-0.39, 0.29) is 6.10 Å². The quantitative estimate of drug-likeness (QED) is 0.783. The van der Waals surface area contributed by atoms with Crippen LogP contribution < -0.4 is 0 Å². The van der Waals surface area contributed by atoms with E-state index >= 15 is 0 Å². The van der Waals surface area contributed by atoms with Crippen molar-refractivity contribution in [3.8, 4) is 0 Å². The summed E-state index contributed by atoms with van der Waals surface area (Å²) in [6.07, 6.45) is 16.7. The van der Waals surface area contributed by atoms with Crippen LogP contribution in [0.5, 0.6) is 0 Å². The van der Waals surface area contributed by atoms with E-state index in [0.29, 0.717) is 12.1 Å². The van der Waals surface area contributed by atoms with Gasteiger partial charge in [-0.05, 0) is 38.5 Å². The Labute approximate surface area is 122 Å². The van der Waals surface area contributed by atoms with Crippen molar-refractivity contribution in [2.24, 2.45) is 0 Å². The van der Waals surface area contributed by atoms with E-state index in [2.05, 4.69) is 34.1 Å². The van der Waals surface area contributed by atoms with E-state index in [1.807, 2.05) is 0 Å². The van der Waals surface area contributed by atoms with Crippen LogP contribution in [0.4, 0.5) is 0 Å². The van der Waals surface area contributed by atoms with Crippen LogP contribution in [0.3, 0.4) is 0 Å². The highest BCUT2D eigenvalue weighted by atomic mass is 16.3. The molecule has 2 unspecified atom stereocenters. The number of hydrogen-bond donors (Lipinski definition) is 1. The standard InChI is InChI=1S/C17H28N2O/c20-17-13-18(15-7-3-1-4-8-15)11-12-19(14-17)16-9-5-2-6-10-16/h3,5,7,9,15-17,20H,1-2,4,6,8,10-14H2. The van der Waals surface area contributed by atoms with Gasteiger partial charge in [0.2, 0.25) is 0 Å². The van der Waals surface area contributed by atoms with Crippen molar-refractivity contribution in [3.05, 3.63) is 24.3 Å². The van der Waals surface area contributed by atoms with Gasteiger partial charge in [0.05, 0.1) is 6.10 Å². The average Bonchev–Trinajstić information content (AvgIpc) is 2.71. The van der Waals surface area contributed by atoms with Gasteiger partial charge in [0.25, 0.3) is 0 Å². The van der Waals surface area contributed by atoms with Crippen LogP contribution in [0.25, 0.3) is 0 Å². The van der Waals surface area contributed by atoms with Crippen molar-refractivity contribution >= 4 is 0 Å². The summed E-state index contributed by atoms with van der Waals surface area (Å²) in [5, 5.41) is 10.4. The molecule has 3 heteroatoms. The Hall–Kier alpha value is -0.640. The van der Waals surface area contributed by atoms with E-state index in [1.54, 1.807) is 0 Å². The molecule has 1 fully saturated rings. The van der Waals surface area contributed by atoms with Crippen molar-refractivity contribution in [1.82, 2.24) is 9.80 Å². The number of β-amino-alcohol motifs (C(OH)–C–C–N with tert-alkyl or cyclic N) is 1. The second-order valence-electron chi connectivity index (χ2n) is 6.50. The maximum atomic E-state index is 10.4. The Balaban J connectivity index is 1.62. The second-order valence-corrected chi connectivity index (χ2v) is 6.50. The minimum atomic E-state index is -0.205. The number of nitrogens with zero attached hydrogens (tertiary/aromatic N) is 2. The molecule has 0 spiro atoms. The maximum absolute atomic E-state index is 10.4. The predicted molar refractivity (Wildman–Crippen MR) is 82.7 cm³/mol. The molecule has 1 aliphatic heterocycles. The highest BCUT2D eigenvalue weighted by molar-refractivity contribution is 5.02. The zero-order valence-corrected chi connectivity index (χ0v) is 12.5. The molecule has 1 heterocycles. The lowest BCUT2D eigenvalue weighted by Crippen LogP contribution is -2.40. The van der Waals surface area contributed by atoms with Crippen LogP contribution in [0.15, 0.2) is 24.3 Å². The molecule has 0 aromatic heterocycles. The number of aliphatic hydroxyl groups excluding tert-OH is 1. The first-order valence-electron chi connectivity index (χ1n) is 8.32. The van der Waals surface area contributed by atoms with Gasteiger partial charge in [-0.3, -0.25) is 9.80 Å². The van der Waals surface area contributed by atoms with Gasteiger partial charge >= 0.3 is 0 Å². The lowest BCUT2D eigenvalue weighted by Gasteiger charge is -2.32. The fourth-order valence-corrected chi connectivity index (χ4v) is 3.84. The molecular weight excluding hydrogens is 248 g/mol. The Morgan fingerprint density at radius 1 is 0.800 bits per heavy atom. The first-order chi connectivity index (χ1) is 9.83. The van der Waals surface area contributed by atoms with Crippen LogP contribution in [-0.4, -0.2) is 59.3 Å². The third-order valence-electron chi connectivity index (χ3n) is 4.96. The highest BCUT2D eigenvalue weighted by Crippen LogP contribution is 2.21. The van der Waals surface area contributed by atoms with E-state index in [9.17, 15) is 5.11 Å². The van der Waals surface area contributed by atoms with Crippen LogP contribution >= 0.6 is 0 Å². The maximum Gasteiger partial charge on any atom is 0.0794 e. The highest BCUT2D eigenvalue weighted by Gasteiger charge is 2.28. The van der Waals surface area contributed by atoms with Crippen LogP contribution in [0.1, 0.15) is 38.5 Å². The number of rotatable bonds is 2. The van der Waals surface area contributed by atoms with Crippen molar-refractivity contribution in [2.75, 3.05) is 26.2 Å². The topological polar surface area (TPSA) is 26.7 Å². The Morgan fingerprint density at radius 2 is 1.30 bits per heavy atom. The number of allylic oxidation sites excluding steroid dienone is 2. The van der Waals surface area contributed by atoms with Gasteiger partial charge in [-0.25, -0.2) is 0 Å². The molecule has 1 saturated heterocycles. The number of hydrogen-bond acceptors (Lipinski definition) is 3. The largest absolute Gasteiger partial charge is 0.390 e. The van der Waals surface area contributed by atoms with Crippen LogP contribution in [0, 0.1) is 0 Å². The minimum Gasteiger partial charge on any atom is -0.390 e. The molecule has 0 bridgehead atoms. The van der Waals surface area contributed by atoms with Gasteiger partial charge in [-0.15, -0.1) is 0 Å². The van der Waals surface area contributed by atoms with Crippen LogP contribution in [0.2, 0.25) is 0 Å². The molecule has 3 rings (SSSR count). The Morgan fingerprint density at radius 3 is 1.70 bits per heavy atom. The molecule has 20 heavy (non-hydrogen) atoms. The normalized spacial score (nSPS) is 37.0. The SMILES string of the molecule is OC1CN(C2C=CCCC2)CCN(C2C=CCCC2)C1.